The van der Waals surface area contributed by atoms with Crippen molar-refractivity contribution in [3.8, 4) is 11.5 Å². The summed E-state index contributed by atoms with van der Waals surface area (Å²) in [6.07, 6.45) is 0.875. The Morgan fingerprint density at radius 2 is 1.78 bits per heavy atom. The lowest BCUT2D eigenvalue weighted by atomic mass is 10.1. The summed E-state index contributed by atoms with van der Waals surface area (Å²) >= 11 is 0. The summed E-state index contributed by atoms with van der Waals surface area (Å²) in [5.74, 6) is 6.01. The third-order valence-corrected chi connectivity index (χ3v) is 3.59. The first-order valence-corrected chi connectivity index (χ1v) is 8.74. The van der Waals surface area contributed by atoms with E-state index in [9.17, 15) is 4.79 Å². The number of nitrogens with zero attached hydrogens (tertiary/aromatic N) is 1. The molecule has 1 unspecified atom stereocenters. The van der Waals surface area contributed by atoms with Crippen LogP contribution in [0.2, 0.25) is 0 Å². The van der Waals surface area contributed by atoms with Crippen LogP contribution in [0.15, 0.2) is 47.6 Å². The van der Waals surface area contributed by atoms with Gasteiger partial charge < -0.3 is 25.4 Å². The molecule has 7 heteroatoms. The molecule has 2 rings (SSSR count). The molecule has 0 aliphatic heterocycles. The average Bonchev–Trinajstić information content (AvgIpc) is 2.64. The minimum atomic E-state index is -0.675. The van der Waals surface area contributed by atoms with Gasteiger partial charge in [-0.15, -0.1) is 0 Å². The van der Waals surface area contributed by atoms with Gasteiger partial charge in [0.05, 0.1) is 19.4 Å². The summed E-state index contributed by atoms with van der Waals surface area (Å²) in [5, 5.41) is 6.70. The Kier molecular flexibility index (Phi) is 7.49. The van der Waals surface area contributed by atoms with Crippen LogP contribution in [0.3, 0.4) is 0 Å². The molecule has 0 amide bonds. The smallest absolute Gasteiger partial charge is 0.304 e. The first-order valence-electron chi connectivity index (χ1n) is 8.74. The fraction of sp³-hybridized carbons (Fsp3) is 0.300. The van der Waals surface area contributed by atoms with Crippen molar-refractivity contribution in [2.75, 3.05) is 18.5 Å². The third kappa shape index (κ3) is 5.91. The highest BCUT2D eigenvalue weighted by atomic mass is 16.6. The lowest BCUT2D eigenvalue weighted by Crippen LogP contribution is -2.17. The van der Waals surface area contributed by atoms with Gasteiger partial charge in [-0.25, -0.2) is 0 Å². The van der Waals surface area contributed by atoms with Crippen molar-refractivity contribution in [2.24, 2.45) is 10.9 Å². The second-order valence-electron chi connectivity index (χ2n) is 5.61. The van der Waals surface area contributed by atoms with Gasteiger partial charge in [0.1, 0.15) is 0 Å². The number of esters is 1. The number of hydrogen-bond donors (Lipinski definition) is 2. The van der Waals surface area contributed by atoms with E-state index in [1.807, 2.05) is 56.3 Å². The largest absolute Gasteiger partial charge is 0.490 e. The summed E-state index contributed by atoms with van der Waals surface area (Å²) in [6.45, 7) is 6.21. The van der Waals surface area contributed by atoms with Crippen molar-refractivity contribution < 1.29 is 19.0 Å². The van der Waals surface area contributed by atoms with E-state index in [-0.39, 0.29) is 0 Å². The van der Waals surface area contributed by atoms with Gasteiger partial charge >= 0.3 is 5.97 Å². The first-order chi connectivity index (χ1) is 13.1. The van der Waals surface area contributed by atoms with Crippen LogP contribution in [0.5, 0.6) is 11.5 Å². The number of ether oxygens (including phenoxy) is 3. The zero-order chi connectivity index (χ0) is 19.6. The predicted octanol–water partition coefficient (Wildman–Crippen LogP) is 3.45. The Morgan fingerprint density at radius 1 is 1.11 bits per heavy atom. The van der Waals surface area contributed by atoms with Gasteiger partial charge in [-0.3, -0.25) is 4.79 Å². The third-order valence-electron chi connectivity index (χ3n) is 3.59. The molecule has 3 N–H and O–H groups in total. The van der Waals surface area contributed by atoms with E-state index in [0.29, 0.717) is 24.7 Å². The molecule has 27 heavy (non-hydrogen) atoms. The molecule has 0 aliphatic carbocycles. The fourth-order valence-corrected chi connectivity index (χ4v) is 2.48. The lowest BCUT2D eigenvalue weighted by Gasteiger charge is -2.21. The number of nitrogens with one attached hydrogen (secondary N) is 1. The molecule has 0 saturated carbocycles. The highest BCUT2D eigenvalue weighted by Crippen LogP contribution is 2.32. The summed E-state index contributed by atoms with van der Waals surface area (Å²) in [5.41, 5.74) is 2.39. The van der Waals surface area contributed by atoms with Crippen LogP contribution >= 0.6 is 0 Å². The minimum absolute atomic E-state index is 0.397. The molecule has 2 aromatic carbocycles. The van der Waals surface area contributed by atoms with Crippen molar-refractivity contribution in [3.63, 3.8) is 0 Å². The molecular weight excluding hydrogens is 346 g/mol. The van der Waals surface area contributed by atoms with Crippen LogP contribution in [0.1, 0.15) is 38.1 Å². The Hall–Kier alpha value is -3.22. The standard InChI is InChI=1S/C20H25N3O4/c1-4-25-18-11-8-16(12-19(18)26-5-2)20(27-14(3)24)23-17-9-6-15(7-10-17)13-22-21/h6-13,20,23H,4-5,21H2,1-3H3. The quantitative estimate of drug-likeness (QED) is 0.230. The number of carbonyl (C=O) groups is 1. The van der Waals surface area contributed by atoms with Crippen LogP contribution < -0.4 is 20.6 Å². The van der Waals surface area contributed by atoms with Gasteiger partial charge in [-0.2, -0.15) is 5.10 Å². The Bertz CT molecular complexity index is 775. The van der Waals surface area contributed by atoms with Crippen LogP contribution in [-0.2, 0) is 9.53 Å². The Balaban J connectivity index is 2.29. The first kappa shape index (κ1) is 20.1. The van der Waals surface area contributed by atoms with Gasteiger partial charge in [0.15, 0.2) is 17.7 Å². The number of hydrogen-bond acceptors (Lipinski definition) is 7. The SMILES string of the molecule is CCOc1ccc(C(Nc2ccc(C=NN)cc2)OC(C)=O)cc1OCC. The van der Waals surface area contributed by atoms with Crippen molar-refractivity contribution >= 4 is 17.9 Å². The topological polar surface area (TPSA) is 95.2 Å². The van der Waals surface area contributed by atoms with Crippen molar-refractivity contribution in [2.45, 2.75) is 27.0 Å². The molecule has 0 radical (unpaired) electrons. The summed E-state index contributed by atoms with van der Waals surface area (Å²) < 4.78 is 16.7. The lowest BCUT2D eigenvalue weighted by molar-refractivity contribution is -0.145. The summed E-state index contributed by atoms with van der Waals surface area (Å²) in [6, 6.07) is 12.9. The zero-order valence-electron chi connectivity index (χ0n) is 15.8. The molecule has 0 bridgehead atoms. The monoisotopic (exact) mass is 371 g/mol. The Labute approximate surface area is 159 Å². The maximum absolute atomic E-state index is 11.6. The highest BCUT2D eigenvalue weighted by Gasteiger charge is 2.17. The maximum atomic E-state index is 11.6. The molecule has 144 valence electrons. The van der Waals surface area contributed by atoms with Gasteiger partial charge in [0.25, 0.3) is 0 Å². The zero-order valence-corrected chi connectivity index (χ0v) is 15.8. The molecule has 0 aromatic heterocycles. The van der Waals surface area contributed by atoms with Gasteiger partial charge in [-0.05, 0) is 49.7 Å². The average molecular weight is 371 g/mol. The number of rotatable bonds is 9. The molecular formula is C20H25N3O4. The van der Waals surface area contributed by atoms with E-state index in [4.69, 9.17) is 20.1 Å². The molecule has 0 aliphatic rings. The van der Waals surface area contributed by atoms with Gasteiger partial charge in [0, 0.05) is 18.2 Å². The van der Waals surface area contributed by atoms with Crippen molar-refractivity contribution in [1.29, 1.82) is 0 Å². The second-order valence-corrected chi connectivity index (χ2v) is 5.61. The number of benzene rings is 2. The molecule has 1 atom stereocenters. The van der Waals surface area contributed by atoms with Gasteiger partial charge in [-0.1, -0.05) is 12.1 Å². The number of nitrogens with two attached hydrogens (primary N) is 1. The normalized spacial score (nSPS) is 11.8. The molecule has 0 heterocycles. The maximum Gasteiger partial charge on any atom is 0.304 e. The fourth-order valence-electron chi connectivity index (χ4n) is 2.48. The van der Waals surface area contributed by atoms with Crippen LogP contribution in [0.4, 0.5) is 5.69 Å². The van der Waals surface area contributed by atoms with Gasteiger partial charge in [0.2, 0.25) is 0 Å². The molecule has 0 saturated heterocycles. The Morgan fingerprint density at radius 3 is 2.37 bits per heavy atom. The van der Waals surface area contributed by atoms with Crippen LogP contribution in [0, 0.1) is 0 Å². The molecule has 0 spiro atoms. The number of hydrazone groups is 1. The van der Waals surface area contributed by atoms with E-state index >= 15 is 0 Å². The van der Waals surface area contributed by atoms with Crippen LogP contribution in [-0.4, -0.2) is 25.4 Å². The number of anilines is 1. The van der Waals surface area contributed by atoms with E-state index in [2.05, 4.69) is 10.4 Å². The predicted molar refractivity (Wildman–Crippen MR) is 105 cm³/mol. The molecule has 7 nitrogen and oxygen atoms in total. The second kappa shape index (κ2) is 10.1. The summed E-state index contributed by atoms with van der Waals surface area (Å²) in [4.78, 5) is 11.6. The number of carbonyl (C=O) groups excluding carboxylic acids is 1. The molecule has 0 fully saturated rings. The highest BCUT2D eigenvalue weighted by molar-refractivity contribution is 5.80. The van der Waals surface area contributed by atoms with E-state index < -0.39 is 12.2 Å². The van der Waals surface area contributed by atoms with Crippen molar-refractivity contribution in [3.05, 3.63) is 53.6 Å². The van der Waals surface area contributed by atoms with Crippen LogP contribution in [0.25, 0.3) is 0 Å². The molecule has 2 aromatic rings. The minimum Gasteiger partial charge on any atom is -0.490 e. The van der Waals surface area contributed by atoms with Crippen molar-refractivity contribution in [1.82, 2.24) is 0 Å². The van der Waals surface area contributed by atoms with E-state index in [1.165, 1.54) is 6.92 Å². The van der Waals surface area contributed by atoms with E-state index in [1.54, 1.807) is 6.21 Å². The van der Waals surface area contributed by atoms with E-state index in [0.717, 1.165) is 16.8 Å². The summed E-state index contributed by atoms with van der Waals surface area (Å²) in [7, 11) is 0.